The molecule has 63 heavy (non-hydrogen) atoms. The molecule has 4 N–H and O–H groups in total. The molecule has 14 nitrogen and oxygen atoms in total. The molecule has 3 aromatic carbocycles. The molecule has 328 valence electrons. The fourth-order valence-electron chi connectivity index (χ4n) is 10.8. The van der Waals surface area contributed by atoms with Gasteiger partial charge in [-0.05, 0) is 123 Å². The van der Waals surface area contributed by atoms with Crippen LogP contribution in [-0.2, 0) is 24.8 Å². The molecule has 1 aliphatic heterocycles. The highest BCUT2D eigenvalue weighted by Crippen LogP contribution is 2.63. The molecular formula is C48H51ClN6O8. The maximum Gasteiger partial charge on any atom is 0.330 e. The lowest BCUT2D eigenvalue weighted by Gasteiger charge is -2.62. The standard InChI is InChI=1S/C48H51ClN6O8/c1-28(26-62-43-32(13-16-40(56)60-2)23-35(24-39(43)49)48(59,61-3)47(58)33-19-29-18-30(21-33)22-34(47)20-29)46(57)54-17-7-8-36(25-54)55-45-41(44(50)51-27-52-45)42(53-55)31-11-14-38(15-12-31)63-37-9-5-4-6-10-37/h4-6,9-16,23-24,27,29-30,33-34,36,58-59H,1,7-8,17-22,25-26H2,2-3H3,(H2,50,51,52)/b16-13+/t29?,30?,33?,34?,36-,47?,48?/m1/s1. The number of halogens is 1. The summed E-state index contributed by atoms with van der Waals surface area (Å²) in [4.78, 5) is 36.9. The van der Waals surface area contributed by atoms with Crippen LogP contribution in [0.15, 0.2) is 91.3 Å². The van der Waals surface area contributed by atoms with E-state index in [1.165, 1.54) is 38.8 Å². The largest absolute Gasteiger partial charge is 0.487 e. The van der Waals surface area contributed by atoms with Crippen LogP contribution in [0.5, 0.6) is 17.2 Å². The minimum atomic E-state index is -2.10. The molecule has 5 aliphatic rings. The monoisotopic (exact) mass is 874 g/mol. The van der Waals surface area contributed by atoms with E-state index in [1.807, 2.05) is 59.3 Å². The number of benzene rings is 3. The zero-order chi connectivity index (χ0) is 44.0. The molecule has 3 heterocycles. The van der Waals surface area contributed by atoms with E-state index in [2.05, 4.69) is 16.5 Å². The third-order valence-corrected chi connectivity index (χ3v) is 13.9. The molecule has 2 aromatic heterocycles. The zero-order valence-corrected chi connectivity index (χ0v) is 36.0. The van der Waals surface area contributed by atoms with Crippen molar-refractivity contribution in [1.82, 2.24) is 24.6 Å². The van der Waals surface area contributed by atoms with E-state index in [0.29, 0.717) is 65.2 Å². The summed E-state index contributed by atoms with van der Waals surface area (Å²) in [6, 6.07) is 20.0. The average molecular weight is 875 g/mol. The molecule has 1 saturated heterocycles. The Labute approximate surface area is 370 Å². The zero-order valence-electron chi connectivity index (χ0n) is 35.3. The second-order valence-corrected chi connectivity index (χ2v) is 17.7. The van der Waals surface area contributed by atoms with Gasteiger partial charge in [0.05, 0.1) is 23.6 Å². The van der Waals surface area contributed by atoms with Gasteiger partial charge in [-0.15, -0.1) is 0 Å². The van der Waals surface area contributed by atoms with E-state index in [-0.39, 0.29) is 52.3 Å². The third-order valence-electron chi connectivity index (χ3n) is 13.6. The Kier molecular flexibility index (Phi) is 11.5. The van der Waals surface area contributed by atoms with Crippen LogP contribution in [0.4, 0.5) is 5.82 Å². The van der Waals surface area contributed by atoms with Crippen LogP contribution in [0, 0.1) is 23.7 Å². The number of carbonyl (C=O) groups is 2. The van der Waals surface area contributed by atoms with Crippen molar-refractivity contribution < 1.29 is 38.7 Å². The molecule has 4 aliphatic carbocycles. The number of methoxy groups -OCH3 is 2. The smallest absolute Gasteiger partial charge is 0.330 e. The molecule has 0 radical (unpaired) electrons. The first-order valence-electron chi connectivity index (χ1n) is 21.4. The maximum atomic E-state index is 14.1. The molecule has 1 amide bonds. The van der Waals surface area contributed by atoms with E-state index in [1.54, 1.807) is 11.0 Å². The summed E-state index contributed by atoms with van der Waals surface area (Å²) in [5, 5.41) is 30.6. The topological polar surface area (TPSA) is 184 Å². The summed E-state index contributed by atoms with van der Waals surface area (Å²) in [5.74, 6) is -0.436. The highest BCUT2D eigenvalue weighted by molar-refractivity contribution is 6.32. The van der Waals surface area contributed by atoms with E-state index >= 15 is 0 Å². The van der Waals surface area contributed by atoms with Crippen LogP contribution in [0.1, 0.15) is 62.1 Å². The fraction of sp³-hybridized carbons (Fsp3) is 0.396. The van der Waals surface area contributed by atoms with Gasteiger partial charge in [-0.1, -0.05) is 36.4 Å². The van der Waals surface area contributed by atoms with Crippen LogP contribution in [-0.4, -0.2) is 86.3 Å². The molecular weight excluding hydrogens is 824 g/mol. The van der Waals surface area contributed by atoms with Crippen LogP contribution < -0.4 is 15.2 Å². The van der Waals surface area contributed by atoms with Gasteiger partial charge in [0.15, 0.2) is 5.65 Å². The summed E-state index contributed by atoms with van der Waals surface area (Å²) in [6.07, 6.45) is 9.93. The molecule has 0 spiro atoms. The van der Waals surface area contributed by atoms with Crippen molar-refractivity contribution in [2.24, 2.45) is 23.7 Å². The van der Waals surface area contributed by atoms with Gasteiger partial charge >= 0.3 is 5.97 Å². The van der Waals surface area contributed by atoms with Crippen molar-refractivity contribution in [2.45, 2.75) is 62.4 Å². The van der Waals surface area contributed by atoms with E-state index in [0.717, 1.165) is 49.8 Å². The summed E-state index contributed by atoms with van der Waals surface area (Å²) in [6.45, 7) is 4.68. The van der Waals surface area contributed by atoms with Gasteiger partial charge in [-0.25, -0.2) is 19.4 Å². The number of aromatic nitrogens is 4. The number of likely N-dealkylation sites (tertiary alicyclic amines) is 1. The van der Waals surface area contributed by atoms with Gasteiger partial charge in [-0.2, -0.15) is 5.10 Å². The Morgan fingerprint density at radius 2 is 1.70 bits per heavy atom. The highest BCUT2D eigenvalue weighted by atomic mass is 35.5. The number of nitrogens with two attached hydrogens (primary N) is 1. The number of anilines is 1. The van der Waals surface area contributed by atoms with Gasteiger partial charge < -0.3 is 39.8 Å². The lowest BCUT2D eigenvalue weighted by Crippen LogP contribution is -2.68. The first-order valence-corrected chi connectivity index (χ1v) is 21.8. The normalized spacial score (nSPS) is 25.0. The van der Waals surface area contributed by atoms with Crippen molar-refractivity contribution in [3.63, 3.8) is 0 Å². The number of rotatable bonds is 13. The number of nitrogen functional groups attached to an aromatic ring is 1. The van der Waals surface area contributed by atoms with E-state index < -0.39 is 17.4 Å². The van der Waals surface area contributed by atoms with E-state index in [9.17, 15) is 19.8 Å². The average Bonchev–Trinajstić information content (AvgIpc) is 3.70. The number of esters is 1. The Morgan fingerprint density at radius 1 is 1.00 bits per heavy atom. The summed E-state index contributed by atoms with van der Waals surface area (Å²) in [5.41, 5.74) is 7.58. The minimum absolute atomic E-state index is 0.0826. The number of carbonyl (C=O) groups excluding carboxylic acids is 2. The van der Waals surface area contributed by atoms with Crippen LogP contribution in [0.3, 0.4) is 0 Å². The summed E-state index contributed by atoms with van der Waals surface area (Å²) >= 11 is 6.94. The van der Waals surface area contributed by atoms with Crippen LogP contribution in [0.2, 0.25) is 5.02 Å². The molecule has 2 atom stereocenters. The first kappa shape index (κ1) is 42.5. The number of para-hydroxylation sites is 1. The second kappa shape index (κ2) is 17.1. The van der Waals surface area contributed by atoms with Crippen molar-refractivity contribution in [1.29, 1.82) is 0 Å². The van der Waals surface area contributed by atoms with Gasteiger partial charge in [0.1, 0.15) is 47.3 Å². The number of hydrogen-bond acceptors (Lipinski definition) is 12. The number of hydrogen-bond donors (Lipinski definition) is 3. The molecule has 1 unspecified atom stereocenters. The fourth-order valence-corrected chi connectivity index (χ4v) is 11.1. The first-order chi connectivity index (χ1) is 30.4. The number of nitrogens with zero attached hydrogens (tertiary/aromatic N) is 5. The van der Waals surface area contributed by atoms with Crippen molar-refractivity contribution in [2.75, 3.05) is 39.6 Å². The predicted molar refractivity (Wildman–Crippen MR) is 237 cm³/mol. The van der Waals surface area contributed by atoms with Crippen LogP contribution in [0.25, 0.3) is 28.4 Å². The van der Waals surface area contributed by atoms with Crippen molar-refractivity contribution >= 4 is 46.4 Å². The molecule has 4 bridgehead atoms. The van der Waals surface area contributed by atoms with Crippen molar-refractivity contribution in [3.05, 3.63) is 107 Å². The van der Waals surface area contributed by atoms with Gasteiger partial charge in [-0.3, -0.25) is 4.79 Å². The highest BCUT2D eigenvalue weighted by Gasteiger charge is 2.66. The maximum absolute atomic E-state index is 14.1. The van der Waals surface area contributed by atoms with Gasteiger partial charge in [0.2, 0.25) is 5.79 Å². The number of amides is 1. The minimum Gasteiger partial charge on any atom is -0.487 e. The Bertz CT molecular complexity index is 2550. The van der Waals surface area contributed by atoms with Gasteiger partial charge in [0, 0.05) is 48.5 Å². The Balaban J connectivity index is 0.932. The quantitative estimate of drug-likeness (QED) is 0.0603. The Hall–Kier alpha value is -5.80. The molecule has 4 saturated carbocycles. The van der Waals surface area contributed by atoms with E-state index in [4.69, 9.17) is 41.4 Å². The molecule has 15 heteroatoms. The number of ether oxygens (including phenoxy) is 4. The van der Waals surface area contributed by atoms with Crippen LogP contribution >= 0.6 is 11.6 Å². The lowest BCUT2D eigenvalue weighted by molar-refractivity contribution is -0.358. The lowest BCUT2D eigenvalue weighted by atomic mass is 9.47. The summed E-state index contributed by atoms with van der Waals surface area (Å²) < 4.78 is 24.8. The Morgan fingerprint density at radius 3 is 2.38 bits per heavy atom. The number of fused-ring (bicyclic) bond motifs is 1. The second-order valence-electron chi connectivity index (χ2n) is 17.3. The number of aliphatic hydroxyl groups is 2. The molecule has 5 fully saturated rings. The number of piperidine rings is 1. The third kappa shape index (κ3) is 7.72. The molecule has 10 rings (SSSR count). The van der Waals surface area contributed by atoms with Gasteiger partial charge in [0.25, 0.3) is 5.91 Å². The summed E-state index contributed by atoms with van der Waals surface area (Å²) in [7, 11) is 2.64. The SMILES string of the molecule is C=C(COc1c(Cl)cc(C(O)(OC)C2(O)C3CC4CC(C3)CC2C4)cc1/C=C/C(=O)OC)C(=O)N1CCC[C@@H](n2nc(-c3ccc(Oc4ccccc4)cc3)c3c(N)ncnc32)C1. The molecule has 5 aromatic rings. The van der Waals surface area contributed by atoms with Crippen molar-refractivity contribution in [3.8, 4) is 28.5 Å². The predicted octanol–water partition coefficient (Wildman–Crippen LogP) is 7.48.